The van der Waals surface area contributed by atoms with E-state index in [0.29, 0.717) is 11.4 Å². The van der Waals surface area contributed by atoms with Gasteiger partial charge < -0.3 is 20.5 Å². The maximum absolute atomic E-state index is 12.6. The van der Waals surface area contributed by atoms with Crippen LogP contribution in [0.5, 0.6) is 5.75 Å². The Morgan fingerprint density at radius 1 is 1.15 bits per heavy atom. The first-order valence-electron chi connectivity index (χ1n) is 7.80. The summed E-state index contributed by atoms with van der Waals surface area (Å²) in [6.45, 7) is 3.33. The van der Waals surface area contributed by atoms with E-state index in [4.69, 9.17) is 10.5 Å². The first-order chi connectivity index (χ1) is 11.8. The third-order valence-corrected chi connectivity index (χ3v) is 3.88. The predicted molar refractivity (Wildman–Crippen MR) is 103 cm³/mol. The van der Waals surface area contributed by atoms with Crippen molar-refractivity contribution in [2.45, 2.75) is 19.4 Å². The van der Waals surface area contributed by atoms with E-state index in [1.54, 1.807) is 25.1 Å². The number of anilines is 1. The second-order valence-electron chi connectivity index (χ2n) is 5.86. The number of methoxy groups -OCH3 is 1. The van der Waals surface area contributed by atoms with E-state index < -0.39 is 11.5 Å². The van der Waals surface area contributed by atoms with Crippen LogP contribution in [-0.4, -0.2) is 25.6 Å². The molecule has 0 aromatic heterocycles. The number of benzene rings is 2. The van der Waals surface area contributed by atoms with Gasteiger partial charge in [0.1, 0.15) is 11.3 Å². The quantitative estimate of drug-likeness (QED) is 0.754. The lowest BCUT2D eigenvalue weighted by atomic mass is 9.92. The minimum atomic E-state index is -1.16. The van der Waals surface area contributed by atoms with Gasteiger partial charge >= 0.3 is 5.97 Å². The van der Waals surface area contributed by atoms with Crippen LogP contribution < -0.4 is 15.8 Å². The van der Waals surface area contributed by atoms with Crippen molar-refractivity contribution < 1.29 is 19.1 Å². The van der Waals surface area contributed by atoms with Gasteiger partial charge in [-0.05, 0) is 43.2 Å². The van der Waals surface area contributed by atoms with Crippen molar-refractivity contribution in [3.63, 3.8) is 0 Å². The van der Waals surface area contributed by atoms with Crippen molar-refractivity contribution in [2.75, 3.05) is 19.0 Å². The summed E-state index contributed by atoms with van der Waals surface area (Å²) in [5.74, 6) is -0.263. The van der Waals surface area contributed by atoms with Crippen LogP contribution >= 0.6 is 12.4 Å². The Bertz CT molecular complexity index is 763. The molecule has 6 nitrogen and oxygen atoms in total. The molecule has 0 spiro atoms. The number of halogens is 1. The Morgan fingerprint density at radius 3 is 2.38 bits per heavy atom. The van der Waals surface area contributed by atoms with Crippen LogP contribution in [-0.2, 0) is 19.9 Å². The van der Waals surface area contributed by atoms with Gasteiger partial charge in [0.15, 0.2) is 6.61 Å². The maximum Gasteiger partial charge on any atom is 0.343 e. The Labute approximate surface area is 159 Å². The van der Waals surface area contributed by atoms with Crippen LogP contribution in [0.1, 0.15) is 18.1 Å². The SMILES string of the molecule is COC(=O)COc1ccc(NC(=O)C(C)(N)c2ccccc2)c(C)c1.Cl. The number of nitrogens with two attached hydrogens (primary N) is 1. The molecule has 2 aromatic carbocycles. The van der Waals surface area contributed by atoms with Gasteiger partial charge in [0.05, 0.1) is 7.11 Å². The first-order valence-corrected chi connectivity index (χ1v) is 7.80. The van der Waals surface area contributed by atoms with Gasteiger partial charge in [-0.3, -0.25) is 4.79 Å². The third kappa shape index (κ3) is 5.21. The second kappa shape index (κ2) is 9.22. The normalized spacial score (nSPS) is 12.3. The zero-order valence-electron chi connectivity index (χ0n) is 14.9. The number of hydrogen-bond acceptors (Lipinski definition) is 5. The Balaban J connectivity index is 0.00000338. The summed E-state index contributed by atoms with van der Waals surface area (Å²) < 4.78 is 9.85. The molecule has 1 unspecified atom stereocenters. The molecule has 0 bridgehead atoms. The van der Waals surface area contributed by atoms with Gasteiger partial charge in [-0.15, -0.1) is 12.4 Å². The lowest BCUT2D eigenvalue weighted by Gasteiger charge is -2.24. The fourth-order valence-electron chi connectivity index (χ4n) is 2.23. The molecule has 2 aromatic rings. The van der Waals surface area contributed by atoms with Crippen LogP contribution in [0.4, 0.5) is 5.69 Å². The van der Waals surface area contributed by atoms with Crippen LogP contribution in [0.25, 0.3) is 0 Å². The lowest BCUT2D eigenvalue weighted by molar-refractivity contribution is -0.142. The van der Waals surface area contributed by atoms with E-state index in [1.807, 2.05) is 37.3 Å². The van der Waals surface area contributed by atoms with E-state index in [9.17, 15) is 9.59 Å². The smallest absolute Gasteiger partial charge is 0.343 e. The van der Waals surface area contributed by atoms with E-state index in [0.717, 1.165) is 11.1 Å². The number of amides is 1. The van der Waals surface area contributed by atoms with Gasteiger partial charge in [0.2, 0.25) is 5.91 Å². The van der Waals surface area contributed by atoms with Crippen molar-refractivity contribution in [3.8, 4) is 5.75 Å². The van der Waals surface area contributed by atoms with E-state index >= 15 is 0 Å². The molecule has 0 aliphatic carbocycles. The van der Waals surface area contributed by atoms with Crippen LogP contribution in [0.2, 0.25) is 0 Å². The predicted octanol–water partition coefficient (Wildman–Crippen LogP) is 2.78. The molecule has 0 aliphatic rings. The maximum atomic E-state index is 12.6. The van der Waals surface area contributed by atoms with Crippen molar-refractivity contribution in [1.82, 2.24) is 0 Å². The molecule has 1 amide bonds. The first kappa shape index (κ1) is 21.5. The summed E-state index contributed by atoms with van der Waals surface area (Å²) in [6.07, 6.45) is 0. The number of nitrogens with one attached hydrogen (secondary N) is 1. The fourth-order valence-corrected chi connectivity index (χ4v) is 2.23. The van der Waals surface area contributed by atoms with Crippen LogP contribution in [0.15, 0.2) is 48.5 Å². The van der Waals surface area contributed by atoms with Gasteiger partial charge in [0, 0.05) is 5.69 Å². The molecule has 0 heterocycles. The highest BCUT2D eigenvalue weighted by molar-refractivity contribution is 5.98. The molecule has 0 saturated heterocycles. The molecule has 7 heteroatoms. The highest BCUT2D eigenvalue weighted by atomic mass is 35.5. The second-order valence-corrected chi connectivity index (χ2v) is 5.86. The molecular formula is C19H23ClN2O4. The van der Waals surface area contributed by atoms with E-state index in [1.165, 1.54) is 7.11 Å². The van der Waals surface area contributed by atoms with Crippen molar-refractivity contribution in [3.05, 3.63) is 59.7 Å². The molecule has 2 rings (SSSR count). The Morgan fingerprint density at radius 2 is 1.81 bits per heavy atom. The number of aryl methyl sites for hydroxylation is 1. The Hall–Kier alpha value is -2.57. The van der Waals surface area contributed by atoms with Gasteiger partial charge in [-0.25, -0.2) is 4.79 Å². The number of carbonyl (C=O) groups is 2. The topological polar surface area (TPSA) is 90.6 Å². The molecule has 26 heavy (non-hydrogen) atoms. The molecule has 3 N–H and O–H groups in total. The molecular weight excluding hydrogens is 356 g/mol. The highest BCUT2D eigenvalue weighted by Gasteiger charge is 2.30. The third-order valence-electron chi connectivity index (χ3n) is 3.88. The van der Waals surface area contributed by atoms with Crippen molar-refractivity contribution in [2.24, 2.45) is 5.73 Å². The van der Waals surface area contributed by atoms with E-state index in [-0.39, 0.29) is 24.9 Å². The fraction of sp³-hybridized carbons (Fsp3) is 0.263. The average Bonchev–Trinajstić information content (AvgIpc) is 2.62. The Kier molecular flexibility index (Phi) is 7.61. The molecule has 0 aliphatic heterocycles. The summed E-state index contributed by atoms with van der Waals surface area (Å²) in [4.78, 5) is 23.7. The number of esters is 1. The van der Waals surface area contributed by atoms with Gasteiger partial charge in [0.25, 0.3) is 0 Å². The largest absolute Gasteiger partial charge is 0.482 e. The van der Waals surface area contributed by atoms with Crippen molar-refractivity contribution in [1.29, 1.82) is 0 Å². The van der Waals surface area contributed by atoms with Crippen molar-refractivity contribution >= 4 is 30.0 Å². The zero-order chi connectivity index (χ0) is 18.4. The molecule has 140 valence electrons. The number of ether oxygens (including phenoxy) is 2. The molecule has 0 saturated carbocycles. The average molecular weight is 379 g/mol. The number of hydrogen-bond donors (Lipinski definition) is 2. The summed E-state index contributed by atoms with van der Waals surface area (Å²) in [6, 6.07) is 14.3. The minimum Gasteiger partial charge on any atom is -0.482 e. The highest BCUT2D eigenvalue weighted by Crippen LogP contribution is 2.24. The molecule has 1 atom stereocenters. The standard InChI is InChI=1S/C19H22N2O4.ClH/c1-13-11-15(25-12-17(22)24-3)9-10-16(13)21-18(23)19(2,20)14-7-5-4-6-8-14;/h4-11H,12,20H2,1-3H3,(H,21,23);1H. The number of rotatable bonds is 6. The molecule has 0 radical (unpaired) electrons. The number of carbonyl (C=O) groups excluding carboxylic acids is 2. The van der Waals surface area contributed by atoms with E-state index in [2.05, 4.69) is 10.1 Å². The van der Waals surface area contributed by atoms with Gasteiger partial charge in [-0.2, -0.15) is 0 Å². The molecule has 0 fully saturated rings. The van der Waals surface area contributed by atoms with Crippen LogP contribution in [0.3, 0.4) is 0 Å². The summed E-state index contributed by atoms with van der Waals surface area (Å²) in [7, 11) is 1.30. The van der Waals surface area contributed by atoms with Crippen LogP contribution in [0, 0.1) is 6.92 Å². The zero-order valence-corrected chi connectivity index (χ0v) is 15.8. The lowest BCUT2D eigenvalue weighted by Crippen LogP contribution is -2.45. The summed E-state index contributed by atoms with van der Waals surface area (Å²) in [5.41, 5.74) is 7.20. The minimum absolute atomic E-state index is 0. The van der Waals surface area contributed by atoms with Gasteiger partial charge in [-0.1, -0.05) is 30.3 Å². The summed E-state index contributed by atoms with van der Waals surface area (Å²) in [5, 5.41) is 2.84. The monoisotopic (exact) mass is 378 g/mol. The summed E-state index contributed by atoms with van der Waals surface area (Å²) >= 11 is 0.